The molecule has 0 heterocycles. The molecule has 1 rings (SSSR count). The number of aliphatic imine (C=N–C) groups is 1. The van der Waals surface area contributed by atoms with Crippen LogP contribution >= 0.6 is 0 Å². The van der Waals surface area contributed by atoms with E-state index in [2.05, 4.69) is 41.3 Å². The van der Waals surface area contributed by atoms with Crippen LogP contribution in [0.3, 0.4) is 0 Å². The highest BCUT2D eigenvalue weighted by molar-refractivity contribution is 5.79. The third-order valence-electron chi connectivity index (χ3n) is 4.62. The smallest absolute Gasteiger partial charge is 0.255 e. The first-order valence-corrected chi connectivity index (χ1v) is 10.2. The van der Waals surface area contributed by atoms with Gasteiger partial charge in [0.1, 0.15) is 5.75 Å². The third-order valence-corrected chi connectivity index (χ3v) is 4.62. The fraction of sp³-hybridized carbons (Fsp3) is 0.619. The maximum absolute atomic E-state index is 10.7. The van der Waals surface area contributed by atoms with Gasteiger partial charge in [0.05, 0.1) is 0 Å². The van der Waals surface area contributed by atoms with Crippen LogP contribution in [0.25, 0.3) is 0 Å². The summed E-state index contributed by atoms with van der Waals surface area (Å²) in [5, 5.41) is 6.82. The highest BCUT2D eigenvalue weighted by Crippen LogP contribution is 2.12. The number of hydrogen-bond acceptors (Lipinski definition) is 4. The largest absolute Gasteiger partial charge is 0.484 e. The molecular weight excluding hydrogens is 354 g/mol. The second-order valence-electron chi connectivity index (χ2n) is 6.86. The highest BCUT2D eigenvalue weighted by atomic mass is 16.5. The van der Waals surface area contributed by atoms with Crippen molar-refractivity contribution in [2.45, 2.75) is 46.1 Å². The summed E-state index contributed by atoms with van der Waals surface area (Å²) >= 11 is 0. The van der Waals surface area contributed by atoms with Gasteiger partial charge in [0.2, 0.25) is 0 Å². The van der Waals surface area contributed by atoms with Crippen molar-refractivity contribution in [2.24, 2.45) is 10.7 Å². The fourth-order valence-electron chi connectivity index (χ4n) is 2.89. The molecule has 7 heteroatoms. The van der Waals surface area contributed by atoms with Gasteiger partial charge in [0.15, 0.2) is 12.6 Å². The van der Waals surface area contributed by atoms with E-state index < -0.39 is 5.91 Å². The minimum atomic E-state index is -0.477. The predicted molar refractivity (Wildman–Crippen MR) is 116 cm³/mol. The SMILES string of the molecule is CCN(CC)CCCC(C)NC(=NC)NCCc1ccc(OCC(N)=O)cc1. The van der Waals surface area contributed by atoms with Crippen LogP contribution in [-0.4, -0.2) is 62.6 Å². The average molecular weight is 392 g/mol. The molecule has 0 radical (unpaired) electrons. The molecule has 1 amide bonds. The van der Waals surface area contributed by atoms with Gasteiger partial charge in [-0.1, -0.05) is 26.0 Å². The summed E-state index contributed by atoms with van der Waals surface area (Å²) in [6.45, 7) is 10.7. The molecule has 0 spiro atoms. The molecule has 0 saturated heterocycles. The number of benzene rings is 1. The van der Waals surface area contributed by atoms with Crippen LogP contribution in [0.15, 0.2) is 29.3 Å². The Morgan fingerprint density at radius 2 is 1.93 bits per heavy atom. The van der Waals surface area contributed by atoms with Crippen molar-refractivity contribution in [1.82, 2.24) is 15.5 Å². The number of nitrogens with two attached hydrogens (primary N) is 1. The number of nitrogens with one attached hydrogen (secondary N) is 2. The van der Waals surface area contributed by atoms with Crippen LogP contribution < -0.4 is 21.1 Å². The van der Waals surface area contributed by atoms with E-state index in [0.29, 0.717) is 11.8 Å². The van der Waals surface area contributed by atoms with E-state index in [9.17, 15) is 4.79 Å². The molecular formula is C21H37N5O2. The molecule has 1 aromatic carbocycles. The molecule has 1 aromatic rings. The molecule has 0 aliphatic heterocycles. The molecule has 0 saturated carbocycles. The lowest BCUT2D eigenvalue weighted by molar-refractivity contribution is -0.119. The lowest BCUT2D eigenvalue weighted by atomic mass is 10.1. The second kappa shape index (κ2) is 13.8. The number of carbonyl (C=O) groups excluding carboxylic acids is 1. The molecule has 1 unspecified atom stereocenters. The monoisotopic (exact) mass is 391 g/mol. The van der Waals surface area contributed by atoms with E-state index in [1.54, 1.807) is 7.05 Å². The highest BCUT2D eigenvalue weighted by Gasteiger charge is 2.06. The lowest BCUT2D eigenvalue weighted by Crippen LogP contribution is -2.43. The number of primary amides is 1. The Balaban J connectivity index is 2.29. The topological polar surface area (TPSA) is 92.0 Å². The van der Waals surface area contributed by atoms with Crippen molar-refractivity contribution in [1.29, 1.82) is 0 Å². The molecule has 0 fully saturated rings. The molecule has 158 valence electrons. The number of ether oxygens (including phenoxy) is 1. The summed E-state index contributed by atoms with van der Waals surface area (Å²) in [6.07, 6.45) is 3.16. The third kappa shape index (κ3) is 10.2. The normalized spacial score (nSPS) is 12.7. The summed E-state index contributed by atoms with van der Waals surface area (Å²) in [7, 11) is 1.79. The first-order chi connectivity index (χ1) is 13.5. The number of nitrogens with zero attached hydrogens (tertiary/aromatic N) is 2. The number of hydrogen-bond donors (Lipinski definition) is 3. The van der Waals surface area contributed by atoms with Crippen LogP contribution in [0.2, 0.25) is 0 Å². The van der Waals surface area contributed by atoms with E-state index in [1.807, 2.05) is 24.3 Å². The lowest BCUT2D eigenvalue weighted by Gasteiger charge is -2.21. The zero-order chi connectivity index (χ0) is 20.8. The van der Waals surface area contributed by atoms with E-state index in [4.69, 9.17) is 10.5 Å². The van der Waals surface area contributed by atoms with Crippen LogP contribution in [0.5, 0.6) is 5.75 Å². The molecule has 0 aliphatic carbocycles. The Bertz CT molecular complexity index is 585. The average Bonchev–Trinajstić information content (AvgIpc) is 2.69. The predicted octanol–water partition coefficient (Wildman–Crippen LogP) is 1.77. The summed E-state index contributed by atoms with van der Waals surface area (Å²) in [5.41, 5.74) is 6.26. The van der Waals surface area contributed by atoms with Gasteiger partial charge in [-0.3, -0.25) is 9.79 Å². The van der Waals surface area contributed by atoms with Crippen LogP contribution in [0, 0.1) is 0 Å². The van der Waals surface area contributed by atoms with E-state index >= 15 is 0 Å². The fourth-order valence-corrected chi connectivity index (χ4v) is 2.89. The number of guanidine groups is 1. The van der Waals surface area contributed by atoms with Gasteiger partial charge >= 0.3 is 0 Å². The quantitative estimate of drug-likeness (QED) is 0.352. The molecule has 7 nitrogen and oxygen atoms in total. The minimum absolute atomic E-state index is 0.101. The number of amides is 1. The zero-order valence-corrected chi connectivity index (χ0v) is 17.8. The second-order valence-corrected chi connectivity index (χ2v) is 6.86. The van der Waals surface area contributed by atoms with Crippen molar-refractivity contribution in [3.8, 4) is 5.75 Å². The Kier molecular flexibility index (Phi) is 11.7. The van der Waals surface area contributed by atoms with Gasteiger partial charge in [-0.05, 0) is 63.5 Å². The van der Waals surface area contributed by atoms with Crippen molar-refractivity contribution < 1.29 is 9.53 Å². The summed E-state index contributed by atoms with van der Waals surface area (Å²) < 4.78 is 5.27. The van der Waals surface area contributed by atoms with E-state index in [-0.39, 0.29) is 6.61 Å². The molecule has 0 aromatic heterocycles. The van der Waals surface area contributed by atoms with Gasteiger partial charge in [0, 0.05) is 19.6 Å². The first-order valence-electron chi connectivity index (χ1n) is 10.2. The van der Waals surface area contributed by atoms with Gasteiger partial charge < -0.3 is 26.0 Å². The molecule has 4 N–H and O–H groups in total. The zero-order valence-electron chi connectivity index (χ0n) is 17.8. The molecule has 28 heavy (non-hydrogen) atoms. The van der Waals surface area contributed by atoms with Crippen LogP contribution in [-0.2, 0) is 11.2 Å². The minimum Gasteiger partial charge on any atom is -0.484 e. The first kappa shape index (κ1) is 23.8. The number of rotatable bonds is 13. The van der Waals surface area contributed by atoms with E-state index in [1.165, 1.54) is 12.0 Å². The summed E-state index contributed by atoms with van der Waals surface area (Å²) in [5.74, 6) is 0.998. The van der Waals surface area contributed by atoms with Crippen LogP contribution in [0.1, 0.15) is 39.2 Å². The van der Waals surface area contributed by atoms with Crippen molar-refractivity contribution in [2.75, 3.05) is 39.8 Å². The van der Waals surface area contributed by atoms with Gasteiger partial charge in [-0.15, -0.1) is 0 Å². The van der Waals surface area contributed by atoms with Gasteiger partial charge in [-0.2, -0.15) is 0 Å². The molecule has 0 bridgehead atoms. The summed E-state index contributed by atoms with van der Waals surface area (Å²) in [4.78, 5) is 17.5. The van der Waals surface area contributed by atoms with Crippen molar-refractivity contribution in [3.05, 3.63) is 29.8 Å². The Hall–Kier alpha value is -2.28. The van der Waals surface area contributed by atoms with Gasteiger partial charge in [0.25, 0.3) is 5.91 Å². The maximum atomic E-state index is 10.7. The Morgan fingerprint density at radius 3 is 2.50 bits per heavy atom. The summed E-state index contributed by atoms with van der Waals surface area (Å²) in [6, 6.07) is 8.06. The standard InChI is InChI=1S/C21H37N5O2/c1-5-26(6-2)15-7-8-17(3)25-21(23-4)24-14-13-18-9-11-19(12-10-18)28-16-20(22)27/h9-12,17H,5-8,13-16H2,1-4H3,(H2,22,27)(H2,23,24,25). The molecule has 1 atom stereocenters. The Labute approximate surface area is 169 Å². The van der Waals surface area contributed by atoms with Crippen LogP contribution in [0.4, 0.5) is 0 Å². The Morgan fingerprint density at radius 1 is 1.25 bits per heavy atom. The van der Waals surface area contributed by atoms with E-state index in [0.717, 1.165) is 45.0 Å². The van der Waals surface area contributed by atoms with Gasteiger partial charge in [-0.25, -0.2) is 0 Å². The molecule has 0 aliphatic rings. The van der Waals surface area contributed by atoms with Crippen molar-refractivity contribution >= 4 is 11.9 Å². The van der Waals surface area contributed by atoms with Crippen molar-refractivity contribution in [3.63, 3.8) is 0 Å². The maximum Gasteiger partial charge on any atom is 0.255 e. The number of carbonyl (C=O) groups is 1.